The van der Waals surface area contributed by atoms with E-state index in [0.29, 0.717) is 5.69 Å². The molecular formula is C16H14BrClN2O4. The number of hydrogen-bond acceptors (Lipinski definition) is 5. The predicted octanol–water partition coefficient (Wildman–Crippen LogP) is 3.49. The van der Waals surface area contributed by atoms with Crippen molar-refractivity contribution in [2.45, 2.75) is 0 Å². The minimum Gasteiger partial charge on any atom is -0.496 e. The van der Waals surface area contributed by atoms with Crippen molar-refractivity contribution in [3.8, 4) is 5.75 Å². The second-order valence-electron chi connectivity index (χ2n) is 4.68. The van der Waals surface area contributed by atoms with Gasteiger partial charge in [0.2, 0.25) is 0 Å². The summed E-state index contributed by atoms with van der Waals surface area (Å²) >= 11 is 9.21. The molecule has 1 amide bonds. The topological polar surface area (TPSA) is 90.7 Å². The first-order valence-corrected chi connectivity index (χ1v) is 7.94. The van der Waals surface area contributed by atoms with Gasteiger partial charge in [0.1, 0.15) is 11.3 Å². The Morgan fingerprint density at radius 3 is 2.67 bits per heavy atom. The Morgan fingerprint density at radius 1 is 1.29 bits per heavy atom. The van der Waals surface area contributed by atoms with E-state index in [9.17, 15) is 9.59 Å². The highest BCUT2D eigenvalue weighted by molar-refractivity contribution is 9.10. The van der Waals surface area contributed by atoms with Gasteiger partial charge in [-0.3, -0.25) is 4.79 Å². The van der Waals surface area contributed by atoms with Crippen molar-refractivity contribution in [3.63, 3.8) is 0 Å². The van der Waals surface area contributed by atoms with Gasteiger partial charge < -0.3 is 20.5 Å². The number of halogens is 2. The molecule has 0 radical (unpaired) electrons. The van der Waals surface area contributed by atoms with E-state index < -0.39 is 18.5 Å². The van der Waals surface area contributed by atoms with Crippen LogP contribution in [0.4, 0.5) is 11.4 Å². The van der Waals surface area contributed by atoms with Gasteiger partial charge in [0.15, 0.2) is 6.61 Å². The second kappa shape index (κ2) is 8.03. The van der Waals surface area contributed by atoms with Crippen molar-refractivity contribution in [2.75, 3.05) is 24.8 Å². The number of para-hydroxylation sites is 1. The summed E-state index contributed by atoms with van der Waals surface area (Å²) in [7, 11) is 1.39. The van der Waals surface area contributed by atoms with Gasteiger partial charge in [-0.25, -0.2) is 4.79 Å². The Kier molecular flexibility index (Phi) is 6.05. The molecule has 0 atom stereocenters. The Balaban J connectivity index is 2.02. The van der Waals surface area contributed by atoms with Crippen LogP contribution in [0.2, 0.25) is 5.02 Å². The third-order valence-electron chi connectivity index (χ3n) is 3.02. The van der Waals surface area contributed by atoms with Crippen LogP contribution in [0.3, 0.4) is 0 Å². The molecule has 0 aliphatic carbocycles. The van der Waals surface area contributed by atoms with Gasteiger partial charge in [-0.2, -0.15) is 0 Å². The maximum atomic E-state index is 12.1. The van der Waals surface area contributed by atoms with E-state index in [-0.39, 0.29) is 22.0 Å². The molecule has 0 aliphatic heterocycles. The molecule has 126 valence electrons. The van der Waals surface area contributed by atoms with E-state index in [1.165, 1.54) is 19.2 Å². The number of hydrogen-bond donors (Lipinski definition) is 2. The van der Waals surface area contributed by atoms with Crippen molar-refractivity contribution in [2.24, 2.45) is 0 Å². The van der Waals surface area contributed by atoms with E-state index in [2.05, 4.69) is 21.2 Å². The molecule has 0 spiro atoms. The number of nitrogen functional groups attached to an aromatic ring is 1. The number of anilines is 2. The summed E-state index contributed by atoms with van der Waals surface area (Å²) < 4.78 is 10.8. The summed E-state index contributed by atoms with van der Waals surface area (Å²) in [5, 5.41) is 2.82. The number of nitrogens with two attached hydrogens (primary N) is 1. The highest BCUT2D eigenvalue weighted by Crippen LogP contribution is 2.29. The molecule has 2 aromatic carbocycles. The lowest BCUT2D eigenvalue weighted by Gasteiger charge is -2.11. The maximum absolute atomic E-state index is 12.1. The molecule has 2 rings (SSSR count). The van der Waals surface area contributed by atoms with E-state index in [0.717, 1.165) is 4.47 Å². The zero-order valence-corrected chi connectivity index (χ0v) is 15.0. The van der Waals surface area contributed by atoms with Crippen LogP contribution in [0, 0.1) is 0 Å². The SMILES string of the molecule is COc1cc(N)c(Cl)cc1C(=O)OCC(=O)Nc1ccccc1Br. The number of nitrogens with one attached hydrogen (secondary N) is 1. The molecule has 8 heteroatoms. The lowest BCUT2D eigenvalue weighted by molar-refractivity contribution is -0.119. The normalized spacial score (nSPS) is 10.1. The summed E-state index contributed by atoms with van der Waals surface area (Å²) in [6.45, 7) is -0.453. The number of carbonyl (C=O) groups is 2. The average Bonchev–Trinajstić information content (AvgIpc) is 2.56. The predicted molar refractivity (Wildman–Crippen MR) is 95.5 cm³/mol. The molecule has 2 aromatic rings. The number of rotatable bonds is 5. The molecule has 0 unspecified atom stereocenters. The summed E-state index contributed by atoms with van der Waals surface area (Å²) in [4.78, 5) is 24.0. The monoisotopic (exact) mass is 412 g/mol. The highest BCUT2D eigenvalue weighted by Gasteiger charge is 2.18. The maximum Gasteiger partial charge on any atom is 0.342 e. The quantitative estimate of drug-likeness (QED) is 0.578. The van der Waals surface area contributed by atoms with Crippen LogP contribution in [0.5, 0.6) is 5.75 Å². The third-order valence-corrected chi connectivity index (χ3v) is 4.04. The van der Waals surface area contributed by atoms with Gasteiger partial charge in [0.25, 0.3) is 5.91 Å². The van der Waals surface area contributed by atoms with Crippen LogP contribution in [-0.2, 0) is 9.53 Å². The fourth-order valence-corrected chi connectivity index (χ4v) is 2.40. The largest absolute Gasteiger partial charge is 0.496 e. The van der Waals surface area contributed by atoms with Crippen LogP contribution in [0.25, 0.3) is 0 Å². The number of carbonyl (C=O) groups excluding carboxylic acids is 2. The Morgan fingerprint density at radius 2 is 2.00 bits per heavy atom. The summed E-state index contributed by atoms with van der Waals surface area (Å²) in [5.74, 6) is -1.00. The number of ether oxygens (including phenoxy) is 2. The minimum absolute atomic E-state index is 0.0883. The second-order valence-corrected chi connectivity index (χ2v) is 5.94. The molecule has 0 saturated heterocycles. The number of benzene rings is 2. The molecule has 0 aliphatic rings. The summed E-state index contributed by atoms with van der Waals surface area (Å²) in [5.41, 5.74) is 6.59. The lowest BCUT2D eigenvalue weighted by atomic mass is 10.2. The van der Waals surface area contributed by atoms with Gasteiger partial charge in [-0.15, -0.1) is 0 Å². The van der Waals surface area contributed by atoms with E-state index >= 15 is 0 Å². The standard InChI is InChI=1S/C16H14BrClN2O4/c1-23-14-7-12(19)11(18)6-9(14)16(22)24-8-15(21)20-13-5-3-2-4-10(13)17/h2-7H,8,19H2,1H3,(H,20,21). The smallest absolute Gasteiger partial charge is 0.342 e. The Labute approximate surface area is 152 Å². The van der Waals surface area contributed by atoms with Crippen LogP contribution in [0.1, 0.15) is 10.4 Å². The number of amides is 1. The van der Waals surface area contributed by atoms with Crippen molar-refractivity contribution in [1.29, 1.82) is 0 Å². The first-order valence-electron chi connectivity index (χ1n) is 6.77. The fraction of sp³-hybridized carbons (Fsp3) is 0.125. The van der Waals surface area contributed by atoms with Gasteiger partial charge in [0, 0.05) is 10.5 Å². The van der Waals surface area contributed by atoms with Gasteiger partial charge >= 0.3 is 5.97 Å². The number of esters is 1. The van der Waals surface area contributed by atoms with Crippen LogP contribution in [-0.4, -0.2) is 25.6 Å². The molecule has 3 N–H and O–H groups in total. The Bertz CT molecular complexity index is 783. The molecule has 0 aromatic heterocycles. The van der Waals surface area contributed by atoms with Gasteiger partial charge in [-0.05, 0) is 34.1 Å². The molecule has 0 saturated carbocycles. The molecule has 0 fully saturated rings. The zero-order valence-electron chi connectivity index (χ0n) is 12.6. The van der Waals surface area contributed by atoms with Gasteiger partial charge in [-0.1, -0.05) is 23.7 Å². The molecular weight excluding hydrogens is 400 g/mol. The van der Waals surface area contributed by atoms with E-state index in [1.807, 2.05) is 6.07 Å². The fourth-order valence-electron chi connectivity index (χ4n) is 1.86. The first kappa shape index (κ1) is 18.1. The molecule has 0 bridgehead atoms. The van der Waals surface area contributed by atoms with Crippen molar-refractivity contribution in [1.82, 2.24) is 0 Å². The summed E-state index contributed by atoms with van der Waals surface area (Å²) in [6.07, 6.45) is 0. The Hall–Kier alpha value is -2.25. The average molecular weight is 414 g/mol. The molecule has 24 heavy (non-hydrogen) atoms. The number of methoxy groups -OCH3 is 1. The van der Waals surface area contributed by atoms with Gasteiger partial charge in [0.05, 0.1) is 23.5 Å². The summed E-state index contributed by atoms with van der Waals surface area (Å²) in [6, 6.07) is 9.84. The minimum atomic E-state index is -0.740. The van der Waals surface area contributed by atoms with Crippen molar-refractivity contribution in [3.05, 3.63) is 51.5 Å². The lowest BCUT2D eigenvalue weighted by Crippen LogP contribution is -2.21. The van der Waals surface area contributed by atoms with E-state index in [4.69, 9.17) is 26.8 Å². The first-order chi connectivity index (χ1) is 11.4. The van der Waals surface area contributed by atoms with Crippen LogP contribution < -0.4 is 15.8 Å². The van der Waals surface area contributed by atoms with Crippen molar-refractivity contribution < 1.29 is 19.1 Å². The highest BCUT2D eigenvalue weighted by atomic mass is 79.9. The van der Waals surface area contributed by atoms with E-state index in [1.54, 1.807) is 18.2 Å². The van der Waals surface area contributed by atoms with Crippen LogP contribution in [0.15, 0.2) is 40.9 Å². The van der Waals surface area contributed by atoms with Crippen LogP contribution >= 0.6 is 27.5 Å². The third kappa shape index (κ3) is 4.39. The molecule has 6 nitrogen and oxygen atoms in total. The molecule has 0 heterocycles. The van der Waals surface area contributed by atoms with Crippen molar-refractivity contribution >= 4 is 50.8 Å². The zero-order chi connectivity index (χ0) is 17.7.